The molecule has 0 spiro atoms. The number of thiophene rings is 1. The summed E-state index contributed by atoms with van der Waals surface area (Å²) in [6, 6.07) is 2.01. The van der Waals surface area contributed by atoms with Gasteiger partial charge in [-0.3, -0.25) is 4.90 Å². The lowest BCUT2D eigenvalue weighted by atomic mass is 10.0. The fourth-order valence-electron chi connectivity index (χ4n) is 2.48. The first-order valence-corrected chi connectivity index (χ1v) is 7.08. The van der Waals surface area contributed by atoms with E-state index in [9.17, 15) is 4.79 Å². The minimum absolute atomic E-state index is 0.192. The van der Waals surface area contributed by atoms with Crippen LogP contribution in [0.15, 0.2) is 6.07 Å². The highest BCUT2D eigenvalue weighted by atomic mass is 32.1. The van der Waals surface area contributed by atoms with Crippen LogP contribution < -0.4 is 5.73 Å². The van der Waals surface area contributed by atoms with E-state index in [0.29, 0.717) is 5.69 Å². The van der Waals surface area contributed by atoms with Crippen molar-refractivity contribution in [2.24, 2.45) is 0 Å². The molecule has 0 saturated heterocycles. The highest BCUT2D eigenvalue weighted by molar-refractivity contribution is 7.21. The van der Waals surface area contributed by atoms with Crippen molar-refractivity contribution in [3.05, 3.63) is 22.2 Å². The van der Waals surface area contributed by atoms with Gasteiger partial charge in [0, 0.05) is 30.6 Å². The molecule has 0 radical (unpaired) electrons. The van der Waals surface area contributed by atoms with E-state index < -0.39 is 5.97 Å². The SMILES string of the molecule is CCN1CCc2nc3sc(C(=O)O)c(N)c3cc2C1. The van der Waals surface area contributed by atoms with Crippen LogP contribution >= 0.6 is 11.3 Å². The van der Waals surface area contributed by atoms with Gasteiger partial charge in [0.1, 0.15) is 9.71 Å². The number of aromatic nitrogens is 1. The first kappa shape index (κ1) is 12.4. The Kier molecular flexibility index (Phi) is 2.91. The molecule has 100 valence electrons. The molecule has 0 saturated carbocycles. The number of carbonyl (C=O) groups is 1. The molecule has 0 bridgehead atoms. The van der Waals surface area contributed by atoms with Gasteiger partial charge in [0.05, 0.1) is 5.69 Å². The molecule has 0 aromatic carbocycles. The number of hydrogen-bond acceptors (Lipinski definition) is 5. The average Bonchev–Trinajstić information content (AvgIpc) is 2.73. The summed E-state index contributed by atoms with van der Waals surface area (Å²) in [5, 5.41) is 9.88. The maximum atomic E-state index is 11.1. The molecular formula is C13H15N3O2S. The van der Waals surface area contributed by atoms with Gasteiger partial charge in [0.25, 0.3) is 0 Å². The largest absolute Gasteiger partial charge is 0.477 e. The summed E-state index contributed by atoms with van der Waals surface area (Å²) in [5.74, 6) is -0.978. The molecule has 1 aliphatic rings. The predicted octanol–water partition coefficient (Wildman–Crippen LogP) is 1.95. The molecule has 0 fully saturated rings. The molecule has 6 heteroatoms. The van der Waals surface area contributed by atoms with Crippen molar-refractivity contribution < 1.29 is 9.90 Å². The molecule has 1 aliphatic heterocycles. The standard InChI is InChI=1S/C13H15N3O2S/c1-2-16-4-3-9-7(6-16)5-8-10(14)11(13(17)18)19-12(8)15-9/h5H,2-4,6,14H2,1H3,(H,17,18). The van der Waals surface area contributed by atoms with Crippen LogP contribution in [0.2, 0.25) is 0 Å². The number of likely N-dealkylation sites (N-methyl/N-ethyl adjacent to an activating group) is 1. The van der Waals surface area contributed by atoms with Gasteiger partial charge in [-0.25, -0.2) is 9.78 Å². The van der Waals surface area contributed by atoms with Gasteiger partial charge in [-0.05, 0) is 18.2 Å². The lowest BCUT2D eigenvalue weighted by molar-refractivity contribution is 0.0703. The topological polar surface area (TPSA) is 79.5 Å². The zero-order valence-corrected chi connectivity index (χ0v) is 11.5. The van der Waals surface area contributed by atoms with Crippen LogP contribution in [0, 0.1) is 0 Å². The third kappa shape index (κ3) is 1.97. The highest BCUT2D eigenvalue weighted by Crippen LogP contribution is 2.34. The second kappa shape index (κ2) is 4.47. The Hall–Kier alpha value is -1.66. The Morgan fingerprint density at radius 1 is 1.63 bits per heavy atom. The third-order valence-electron chi connectivity index (χ3n) is 3.59. The number of carboxylic acid groups (broad SMARTS) is 1. The average molecular weight is 277 g/mol. The maximum Gasteiger partial charge on any atom is 0.348 e. The smallest absolute Gasteiger partial charge is 0.348 e. The van der Waals surface area contributed by atoms with Crippen LogP contribution in [-0.2, 0) is 13.0 Å². The summed E-state index contributed by atoms with van der Waals surface area (Å²) in [7, 11) is 0. The molecule has 3 rings (SSSR count). The number of pyridine rings is 1. The van der Waals surface area contributed by atoms with Crippen LogP contribution in [0.25, 0.3) is 10.2 Å². The van der Waals surface area contributed by atoms with Crippen molar-refractivity contribution >= 4 is 33.2 Å². The molecule has 3 heterocycles. The Morgan fingerprint density at radius 2 is 2.42 bits per heavy atom. The van der Waals surface area contributed by atoms with Gasteiger partial charge >= 0.3 is 5.97 Å². The van der Waals surface area contributed by atoms with E-state index in [1.54, 1.807) is 0 Å². The minimum Gasteiger partial charge on any atom is -0.477 e. The Bertz CT molecular complexity index is 665. The first-order valence-electron chi connectivity index (χ1n) is 6.26. The number of nitrogens with two attached hydrogens (primary N) is 1. The Labute approximate surface area is 114 Å². The predicted molar refractivity (Wildman–Crippen MR) is 75.6 cm³/mol. The van der Waals surface area contributed by atoms with E-state index in [4.69, 9.17) is 10.8 Å². The van der Waals surface area contributed by atoms with E-state index in [1.807, 2.05) is 6.07 Å². The van der Waals surface area contributed by atoms with Crippen molar-refractivity contribution in [1.82, 2.24) is 9.88 Å². The maximum absolute atomic E-state index is 11.1. The number of nitrogen functional groups attached to an aromatic ring is 1. The molecule has 2 aromatic heterocycles. The van der Waals surface area contributed by atoms with Crippen molar-refractivity contribution in [2.75, 3.05) is 18.8 Å². The van der Waals surface area contributed by atoms with Gasteiger partial charge in [-0.15, -0.1) is 11.3 Å². The van der Waals surface area contributed by atoms with Crippen LogP contribution in [-0.4, -0.2) is 34.0 Å². The van der Waals surface area contributed by atoms with Crippen molar-refractivity contribution in [3.8, 4) is 0 Å². The van der Waals surface area contributed by atoms with E-state index in [2.05, 4.69) is 16.8 Å². The van der Waals surface area contributed by atoms with Crippen molar-refractivity contribution in [2.45, 2.75) is 19.9 Å². The molecule has 2 aromatic rings. The zero-order valence-electron chi connectivity index (χ0n) is 10.6. The van der Waals surface area contributed by atoms with E-state index in [-0.39, 0.29) is 4.88 Å². The summed E-state index contributed by atoms with van der Waals surface area (Å²) >= 11 is 1.16. The summed E-state index contributed by atoms with van der Waals surface area (Å²) in [5.41, 5.74) is 8.51. The van der Waals surface area contributed by atoms with E-state index in [0.717, 1.165) is 53.3 Å². The number of anilines is 1. The summed E-state index contributed by atoms with van der Waals surface area (Å²) in [6.45, 7) is 5.02. The number of aromatic carboxylic acids is 1. The Balaban J connectivity index is 2.14. The molecule has 19 heavy (non-hydrogen) atoms. The fourth-order valence-corrected chi connectivity index (χ4v) is 3.42. The van der Waals surface area contributed by atoms with E-state index in [1.165, 1.54) is 5.56 Å². The lowest BCUT2D eigenvalue weighted by Crippen LogP contribution is -2.30. The van der Waals surface area contributed by atoms with Gasteiger partial charge in [0.15, 0.2) is 0 Å². The number of rotatable bonds is 2. The molecule has 3 N–H and O–H groups in total. The van der Waals surface area contributed by atoms with Crippen LogP contribution in [0.5, 0.6) is 0 Å². The van der Waals surface area contributed by atoms with Crippen LogP contribution in [0.3, 0.4) is 0 Å². The number of hydrogen-bond donors (Lipinski definition) is 2. The molecule has 0 aliphatic carbocycles. The molecular weight excluding hydrogens is 262 g/mol. The van der Waals surface area contributed by atoms with Gasteiger partial charge in [-0.1, -0.05) is 6.92 Å². The quantitative estimate of drug-likeness (QED) is 0.877. The minimum atomic E-state index is -0.978. The van der Waals surface area contributed by atoms with Crippen molar-refractivity contribution in [3.63, 3.8) is 0 Å². The summed E-state index contributed by atoms with van der Waals surface area (Å²) in [4.78, 5) is 19.0. The number of fused-ring (bicyclic) bond motifs is 2. The van der Waals surface area contributed by atoms with Crippen LogP contribution in [0.4, 0.5) is 5.69 Å². The molecule has 0 amide bonds. The van der Waals surface area contributed by atoms with Crippen molar-refractivity contribution in [1.29, 1.82) is 0 Å². The third-order valence-corrected chi connectivity index (χ3v) is 4.69. The molecule has 0 unspecified atom stereocenters. The molecule has 5 nitrogen and oxygen atoms in total. The number of nitrogens with zero attached hydrogens (tertiary/aromatic N) is 2. The normalized spacial score (nSPS) is 15.6. The second-order valence-electron chi connectivity index (χ2n) is 4.72. The molecule has 0 atom stereocenters. The summed E-state index contributed by atoms with van der Waals surface area (Å²) < 4.78 is 0. The zero-order chi connectivity index (χ0) is 13.6. The first-order chi connectivity index (χ1) is 9.10. The lowest BCUT2D eigenvalue weighted by Gasteiger charge is -2.26. The highest BCUT2D eigenvalue weighted by Gasteiger charge is 2.21. The van der Waals surface area contributed by atoms with Gasteiger partial charge in [0.2, 0.25) is 0 Å². The monoisotopic (exact) mass is 277 g/mol. The van der Waals surface area contributed by atoms with Gasteiger partial charge < -0.3 is 10.8 Å². The number of carboxylic acids is 1. The summed E-state index contributed by atoms with van der Waals surface area (Å²) in [6.07, 6.45) is 0.916. The Morgan fingerprint density at radius 3 is 3.11 bits per heavy atom. The second-order valence-corrected chi connectivity index (χ2v) is 5.71. The van der Waals surface area contributed by atoms with Crippen LogP contribution in [0.1, 0.15) is 27.9 Å². The fraction of sp³-hybridized carbons (Fsp3) is 0.385. The van der Waals surface area contributed by atoms with E-state index >= 15 is 0 Å². The van der Waals surface area contributed by atoms with Gasteiger partial charge in [-0.2, -0.15) is 0 Å².